The van der Waals surface area contributed by atoms with E-state index < -0.39 is 30.3 Å². The third-order valence-corrected chi connectivity index (χ3v) is 8.03. The maximum atomic E-state index is 13.0. The number of amides is 2. The van der Waals surface area contributed by atoms with Crippen LogP contribution in [0.25, 0.3) is 0 Å². The highest BCUT2D eigenvalue weighted by atomic mass is 35.5. The van der Waals surface area contributed by atoms with Gasteiger partial charge in [-0.25, -0.2) is 4.98 Å². The Morgan fingerprint density at radius 2 is 1.74 bits per heavy atom. The predicted octanol–water partition coefficient (Wildman–Crippen LogP) is 5.42. The lowest BCUT2D eigenvalue weighted by atomic mass is 10.00. The summed E-state index contributed by atoms with van der Waals surface area (Å²) in [4.78, 5) is 29.1. The van der Waals surface area contributed by atoms with Crippen molar-refractivity contribution in [2.24, 2.45) is 0 Å². The van der Waals surface area contributed by atoms with Gasteiger partial charge in [-0.3, -0.25) is 9.59 Å². The standard InChI is InChI=1S/C28H27Cl2F3N4O5/c29-23-24(30)36(15-34-23)13-20-12-22(17-5-3-16(14-38)4-6-17)42-26(41-20)18-7-9-19(10-8-18)35-25(39)21-2-1-11-37(21)27(40)28(31,32)33/h3-10,15,20-22,26,38H,1-2,11-14H2,(H,35,39). The SMILES string of the molecule is O=C(Nc1ccc(C2OC(Cn3cnc(Cl)c3Cl)CC(c3ccc(CO)cc3)O2)cc1)C1CCCN1C(=O)C(F)(F)F. The van der Waals surface area contributed by atoms with E-state index in [1.807, 2.05) is 24.3 Å². The van der Waals surface area contributed by atoms with E-state index in [0.29, 0.717) is 35.5 Å². The first-order valence-corrected chi connectivity index (χ1v) is 13.9. The number of nitrogens with one attached hydrogen (secondary N) is 1. The fourth-order valence-corrected chi connectivity index (χ4v) is 5.43. The lowest BCUT2D eigenvalue weighted by molar-refractivity contribution is -0.252. The Bertz CT molecular complexity index is 1420. The van der Waals surface area contributed by atoms with Crippen LogP contribution >= 0.6 is 23.2 Å². The van der Waals surface area contributed by atoms with Crippen LogP contribution in [0, 0.1) is 0 Å². The van der Waals surface area contributed by atoms with Gasteiger partial charge in [0.25, 0.3) is 0 Å². The second kappa shape index (κ2) is 12.6. The lowest BCUT2D eigenvalue weighted by Crippen LogP contribution is -2.48. The number of anilines is 1. The Morgan fingerprint density at radius 3 is 2.36 bits per heavy atom. The number of benzene rings is 2. The molecule has 4 unspecified atom stereocenters. The molecule has 224 valence electrons. The molecule has 14 heteroatoms. The molecule has 3 aromatic rings. The molecule has 2 fully saturated rings. The molecule has 2 aliphatic rings. The first kappa shape index (κ1) is 30.3. The second-order valence-electron chi connectivity index (χ2n) is 10.1. The molecule has 5 rings (SSSR count). The minimum Gasteiger partial charge on any atom is -0.392 e. The van der Waals surface area contributed by atoms with Gasteiger partial charge in [-0.1, -0.05) is 59.6 Å². The van der Waals surface area contributed by atoms with Gasteiger partial charge in [0.2, 0.25) is 5.91 Å². The van der Waals surface area contributed by atoms with Crippen LogP contribution in [0.4, 0.5) is 18.9 Å². The first-order valence-electron chi connectivity index (χ1n) is 13.2. The van der Waals surface area contributed by atoms with Crippen molar-refractivity contribution in [3.63, 3.8) is 0 Å². The van der Waals surface area contributed by atoms with Crippen molar-refractivity contribution in [1.29, 1.82) is 0 Å². The lowest BCUT2D eigenvalue weighted by Gasteiger charge is -2.36. The molecule has 0 bridgehead atoms. The number of rotatable bonds is 7. The Kier molecular flexibility index (Phi) is 9.09. The number of ether oxygens (including phenoxy) is 2. The molecule has 3 heterocycles. The van der Waals surface area contributed by atoms with E-state index in [2.05, 4.69) is 10.3 Å². The number of imidazole rings is 1. The van der Waals surface area contributed by atoms with Crippen LogP contribution in [0.15, 0.2) is 54.9 Å². The quantitative estimate of drug-likeness (QED) is 0.363. The number of aliphatic hydroxyl groups is 1. The van der Waals surface area contributed by atoms with E-state index in [0.717, 1.165) is 11.1 Å². The van der Waals surface area contributed by atoms with Crippen LogP contribution in [0.2, 0.25) is 10.3 Å². The van der Waals surface area contributed by atoms with Crippen molar-refractivity contribution < 1.29 is 37.3 Å². The van der Waals surface area contributed by atoms with Gasteiger partial charge in [0.05, 0.1) is 31.7 Å². The predicted molar refractivity (Wildman–Crippen MR) is 147 cm³/mol. The largest absolute Gasteiger partial charge is 0.471 e. The number of likely N-dealkylation sites (tertiary alicyclic amines) is 1. The highest BCUT2D eigenvalue weighted by Crippen LogP contribution is 2.39. The van der Waals surface area contributed by atoms with E-state index >= 15 is 0 Å². The van der Waals surface area contributed by atoms with Gasteiger partial charge in [0.15, 0.2) is 11.4 Å². The molecule has 2 N–H and O–H groups in total. The molecule has 2 aromatic carbocycles. The maximum Gasteiger partial charge on any atom is 0.471 e. The highest BCUT2D eigenvalue weighted by Gasteiger charge is 2.47. The molecule has 1 aromatic heterocycles. The molecule has 42 heavy (non-hydrogen) atoms. The zero-order chi connectivity index (χ0) is 30.0. The van der Waals surface area contributed by atoms with Gasteiger partial charge < -0.3 is 29.4 Å². The zero-order valence-electron chi connectivity index (χ0n) is 22.1. The molecule has 2 saturated heterocycles. The first-order chi connectivity index (χ1) is 20.0. The normalized spacial score (nSPS) is 22.8. The number of halogens is 5. The number of carbonyl (C=O) groups excluding carboxylic acids is 2. The van der Waals surface area contributed by atoms with E-state index in [9.17, 15) is 27.9 Å². The second-order valence-corrected chi connectivity index (χ2v) is 10.8. The molecular formula is C28H27Cl2F3N4O5. The van der Waals surface area contributed by atoms with E-state index in [-0.39, 0.29) is 42.1 Å². The topological polar surface area (TPSA) is 106 Å². The van der Waals surface area contributed by atoms with Crippen LogP contribution < -0.4 is 5.32 Å². The van der Waals surface area contributed by atoms with Crippen molar-refractivity contribution in [2.75, 3.05) is 11.9 Å². The average molecular weight is 627 g/mol. The molecule has 0 saturated carbocycles. The maximum absolute atomic E-state index is 13.0. The zero-order valence-corrected chi connectivity index (χ0v) is 23.6. The summed E-state index contributed by atoms with van der Waals surface area (Å²) in [5.41, 5.74) is 2.64. The number of aromatic nitrogens is 2. The summed E-state index contributed by atoms with van der Waals surface area (Å²) in [6.45, 7) is 0.139. The van der Waals surface area contributed by atoms with Gasteiger partial charge in [0.1, 0.15) is 11.2 Å². The molecule has 2 amide bonds. The third kappa shape index (κ3) is 6.73. The molecular weight excluding hydrogens is 600 g/mol. The van der Waals surface area contributed by atoms with Crippen LogP contribution in [0.1, 0.15) is 48.3 Å². The van der Waals surface area contributed by atoms with E-state index in [4.69, 9.17) is 32.7 Å². The summed E-state index contributed by atoms with van der Waals surface area (Å²) < 4.78 is 53.1. The Hall–Kier alpha value is -3.16. The van der Waals surface area contributed by atoms with Crippen molar-refractivity contribution in [2.45, 2.75) is 63.1 Å². The Morgan fingerprint density at radius 1 is 1.05 bits per heavy atom. The number of alkyl halides is 3. The Labute approximate surface area is 249 Å². The Balaban J connectivity index is 1.31. The van der Waals surface area contributed by atoms with Gasteiger partial charge >= 0.3 is 12.1 Å². The number of hydrogen-bond acceptors (Lipinski definition) is 6. The molecule has 4 atom stereocenters. The van der Waals surface area contributed by atoms with Gasteiger partial charge in [0, 0.05) is 24.2 Å². The molecule has 2 aliphatic heterocycles. The highest BCUT2D eigenvalue weighted by molar-refractivity contribution is 6.40. The van der Waals surface area contributed by atoms with Crippen LogP contribution in [-0.2, 0) is 32.2 Å². The number of hydrogen-bond donors (Lipinski definition) is 2. The van der Waals surface area contributed by atoms with E-state index in [1.54, 1.807) is 28.8 Å². The number of nitrogens with zero attached hydrogens (tertiary/aromatic N) is 3. The van der Waals surface area contributed by atoms with Crippen molar-refractivity contribution in [1.82, 2.24) is 14.5 Å². The number of aliphatic hydroxyl groups excluding tert-OH is 1. The van der Waals surface area contributed by atoms with Gasteiger partial charge in [-0.15, -0.1) is 0 Å². The number of carbonyl (C=O) groups is 2. The summed E-state index contributed by atoms with van der Waals surface area (Å²) >= 11 is 12.3. The fraction of sp³-hybridized carbons (Fsp3) is 0.393. The summed E-state index contributed by atoms with van der Waals surface area (Å²) in [5, 5.41) is 12.5. The summed E-state index contributed by atoms with van der Waals surface area (Å²) in [6.07, 6.45) is -4.11. The minimum atomic E-state index is -5.05. The summed E-state index contributed by atoms with van der Waals surface area (Å²) in [6, 6.07) is 12.7. The van der Waals surface area contributed by atoms with Crippen LogP contribution in [0.3, 0.4) is 0 Å². The van der Waals surface area contributed by atoms with Crippen LogP contribution in [-0.4, -0.2) is 56.2 Å². The monoisotopic (exact) mass is 626 g/mol. The van der Waals surface area contributed by atoms with Gasteiger partial charge in [-0.05, 0) is 36.1 Å². The molecule has 0 aliphatic carbocycles. The fourth-order valence-electron chi connectivity index (χ4n) is 5.12. The van der Waals surface area contributed by atoms with Crippen molar-refractivity contribution in [3.8, 4) is 0 Å². The molecule has 0 spiro atoms. The molecule has 9 nitrogen and oxygen atoms in total. The van der Waals surface area contributed by atoms with Crippen molar-refractivity contribution in [3.05, 3.63) is 81.9 Å². The van der Waals surface area contributed by atoms with Crippen LogP contribution in [0.5, 0.6) is 0 Å². The minimum absolute atomic E-state index is 0.0830. The van der Waals surface area contributed by atoms with Gasteiger partial charge in [-0.2, -0.15) is 13.2 Å². The summed E-state index contributed by atoms with van der Waals surface area (Å²) in [7, 11) is 0. The molecule has 0 radical (unpaired) electrons. The average Bonchev–Trinajstić information content (AvgIpc) is 3.59. The smallest absolute Gasteiger partial charge is 0.392 e. The van der Waals surface area contributed by atoms with E-state index in [1.165, 1.54) is 6.33 Å². The summed E-state index contributed by atoms with van der Waals surface area (Å²) in [5.74, 6) is -2.71. The van der Waals surface area contributed by atoms with Crippen molar-refractivity contribution >= 4 is 40.7 Å². The third-order valence-electron chi connectivity index (χ3n) is 7.26.